The molecule has 1 aromatic carbocycles. The quantitative estimate of drug-likeness (QED) is 0.523. The number of benzene rings is 1. The first-order valence-corrected chi connectivity index (χ1v) is 7.34. The van der Waals surface area contributed by atoms with Gasteiger partial charge in [-0.25, -0.2) is 4.57 Å². The summed E-state index contributed by atoms with van der Waals surface area (Å²) in [5.74, 6) is 0. The van der Waals surface area contributed by atoms with E-state index in [1.807, 2.05) is 27.7 Å². The standard InChI is InChI=1S/C14H14N.2C2H6/c1-10-5-3-6-11-9-12-7-4-8-15(2)14(12)13(10)11;2*1-2/h3-8H,9H2,1-2H3;2*1-2H3/q+1;;. The van der Waals surface area contributed by atoms with E-state index in [0.717, 1.165) is 6.42 Å². The molecule has 19 heavy (non-hydrogen) atoms. The Morgan fingerprint density at radius 2 is 1.53 bits per heavy atom. The molecule has 0 N–H and O–H groups in total. The van der Waals surface area contributed by atoms with E-state index >= 15 is 0 Å². The highest BCUT2D eigenvalue weighted by molar-refractivity contribution is 5.74. The molecular weight excluding hydrogens is 230 g/mol. The Morgan fingerprint density at radius 1 is 0.895 bits per heavy atom. The molecular formula is C18H26N+. The molecule has 1 aliphatic carbocycles. The number of fused-ring (bicyclic) bond motifs is 3. The highest BCUT2D eigenvalue weighted by Gasteiger charge is 2.26. The zero-order valence-corrected chi connectivity index (χ0v) is 13.1. The Kier molecular flexibility index (Phi) is 5.75. The number of aryl methyl sites for hydroxylation is 2. The lowest BCUT2D eigenvalue weighted by Gasteiger charge is -2.02. The highest BCUT2D eigenvalue weighted by Crippen LogP contribution is 2.35. The van der Waals surface area contributed by atoms with Gasteiger partial charge in [0.15, 0.2) is 6.20 Å². The minimum Gasteiger partial charge on any atom is -0.201 e. The number of rotatable bonds is 0. The lowest BCUT2D eigenvalue weighted by atomic mass is 10.0. The van der Waals surface area contributed by atoms with Crippen LogP contribution in [0.2, 0.25) is 0 Å². The van der Waals surface area contributed by atoms with Gasteiger partial charge in [0.05, 0.1) is 5.56 Å². The molecule has 2 aromatic rings. The van der Waals surface area contributed by atoms with Crippen LogP contribution in [0.25, 0.3) is 11.3 Å². The van der Waals surface area contributed by atoms with Crippen LogP contribution in [0.5, 0.6) is 0 Å². The Bertz CT molecular complexity index is 492. The van der Waals surface area contributed by atoms with Crippen LogP contribution in [0.15, 0.2) is 36.5 Å². The summed E-state index contributed by atoms with van der Waals surface area (Å²) in [6.07, 6.45) is 3.21. The first kappa shape index (κ1) is 15.4. The van der Waals surface area contributed by atoms with E-state index in [9.17, 15) is 0 Å². The number of nitrogens with zero attached hydrogens (tertiary/aromatic N) is 1. The second kappa shape index (κ2) is 7.08. The third kappa shape index (κ3) is 2.86. The molecule has 0 fully saturated rings. The Morgan fingerprint density at radius 3 is 2.21 bits per heavy atom. The summed E-state index contributed by atoms with van der Waals surface area (Å²) in [7, 11) is 2.13. The van der Waals surface area contributed by atoms with Crippen LogP contribution in [0.4, 0.5) is 0 Å². The fourth-order valence-corrected chi connectivity index (χ4v) is 2.57. The summed E-state index contributed by atoms with van der Waals surface area (Å²) < 4.78 is 2.23. The fraction of sp³-hybridized carbons (Fsp3) is 0.389. The van der Waals surface area contributed by atoms with Crippen molar-refractivity contribution in [2.24, 2.45) is 7.05 Å². The third-order valence-electron chi connectivity index (χ3n) is 3.24. The van der Waals surface area contributed by atoms with E-state index in [-0.39, 0.29) is 0 Å². The number of pyridine rings is 1. The van der Waals surface area contributed by atoms with Crippen LogP contribution in [0.3, 0.4) is 0 Å². The van der Waals surface area contributed by atoms with Crippen molar-refractivity contribution in [1.29, 1.82) is 0 Å². The Balaban J connectivity index is 0.000000415. The molecule has 0 aliphatic heterocycles. The van der Waals surface area contributed by atoms with Gasteiger partial charge < -0.3 is 0 Å². The van der Waals surface area contributed by atoms with E-state index in [2.05, 4.69) is 55.1 Å². The zero-order chi connectivity index (χ0) is 14.4. The van der Waals surface area contributed by atoms with Gasteiger partial charge in [0.25, 0.3) is 0 Å². The molecule has 1 aliphatic rings. The first-order valence-electron chi connectivity index (χ1n) is 7.34. The SMILES string of the molecule is CC.CC.Cc1cccc2c1-c1c(ccc[n+]1C)C2. The summed E-state index contributed by atoms with van der Waals surface area (Å²) in [5, 5.41) is 0. The van der Waals surface area contributed by atoms with Gasteiger partial charge in [0.2, 0.25) is 5.69 Å². The van der Waals surface area contributed by atoms with Crippen LogP contribution in [-0.4, -0.2) is 0 Å². The van der Waals surface area contributed by atoms with E-state index in [1.54, 1.807) is 0 Å². The van der Waals surface area contributed by atoms with E-state index in [1.165, 1.54) is 27.9 Å². The van der Waals surface area contributed by atoms with E-state index in [4.69, 9.17) is 0 Å². The molecule has 1 nitrogen and oxygen atoms in total. The average Bonchev–Trinajstić information content (AvgIpc) is 2.84. The molecule has 1 heterocycles. The Hall–Kier alpha value is -1.63. The minimum atomic E-state index is 1.08. The monoisotopic (exact) mass is 256 g/mol. The molecule has 1 aromatic heterocycles. The molecule has 3 rings (SSSR count). The van der Waals surface area contributed by atoms with Gasteiger partial charge in [-0.05, 0) is 24.1 Å². The third-order valence-corrected chi connectivity index (χ3v) is 3.24. The molecule has 0 saturated heterocycles. The second-order valence-corrected chi connectivity index (χ2v) is 4.28. The maximum Gasteiger partial charge on any atom is 0.216 e. The molecule has 0 atom stereocenters. The van der Waals surface area contributed by atoms with Crippen molar-refractivity contribution in [2.45, 2.75) is 41.0 Å². The fourth-order valence-electron chi connectivity index (χ4n) is 2.57. The maximum atomic E-state index is 2.24. The van der Waals surface area contributed by atoms with Gasteiger partial charge >= 0.3 is 0 Å². The van der Waals surface area contributed by atoms with Crippen LogP contribution < -0.4 is 4.57 Å². The topological polar surface area (TPSA) is 3.88 Å². The number of hydrogen-bond acceptors (Lipinski definition) is 0. The molecule has 102 valence electrons. The molecule has 0 unspecified atom stereocenters. The van der Waals surface area contributed by atoms with Gasteiger partial charge in [-0.3, -0.25) is 0 Å². The van der Waals surface area contributed by atoms with Crippen molar-refractivity contribution in [3.05, 3.63) is 53.2 Å². The van der Waals surface area contributed by atoms with Crippen molar-refractivity contribution >= 4 is 0 Å². The van der Waals surface area contributed by atoms with Gasteiger partial charge in [-0.2, -0.15) is 0 Å². The van der Waals surface area contributed by atoms with Crippen LogP contribution in [0.1, 0.15) is 44.4 Å². The summed E-state index contributed by atoms with van der Waals surface area (Å²) >= 11 is 0. The van der Waals surface area contributed by atoms with E-state index in [0.29, 0.717) is 0 Å². The molecule has 1 heteroatoms. The van der Waals surface area contributed by atoms with Gasteiger partial charge in [-0.1, -0.05) is 45.9 Å². The molecule has 0 spiro atoms. The zero-order valence-electron chi connectivity index (χ0n) is 13.1. The van der Waals surface area contributed by atoms with Gasteiger partial charge in [0.1, 0.15) is 7.05 Å². The Labute approximate surface area is 117 Å². The lowest BCUT2D eigenvalue weighted by molar-refractivity contribution is -0.660. The van der Waals surface area contributed by atoms with Crippen LogP contribution in [-0.2, 0) is 13.5 Å². The summed E-state index contributed by atoms with van der Waals surface area (Å²) in [6.45, 7) is 10.2. The predicted octanol–water partition coefficient (Wildman–Crippen LogP) is 4.44. The summed E-state index contributed by atoms with van der Waals surface area (Å²) in [5.41, 5.74) is 7.13. The molecule has 0 radical (unpaired) electrons. The van der Waals surface area contributed by atoms with Gasteiger partial charge in [-0.15, -0.1) is 0 Å². The number of aromatic nitrogens is 1. The molecule has 0 amide bonds. The van der Waals surface area contributed by atoms with Crippen molar-refractivity contribution in [3.8, 4) is 11.3 Å². The summed E-state index contributed by atoms with van der Waals surface area (Å²) in [6, 6.07) is 10.9. The highest BCUT2D eigenvalue weighted by atomic mass is 14.9. The van der Waals surface area contributed by atoms with Crippen molar-refractivity contribution < 1.29 is 4.57 Å². The minimum absolute atomic E-state index is 1.08. The second-order valence-electron chi connectivity index (χ2n) is 4.28. The largest absolute Gasteiger partial charge is 0.216 e. The van der Waals surface area contributed by atoms with Crippen molar-refractivity contribution in [2.75, 3.05) is 0 Å². The molecule has 0 saturated carbocycles. The van der Waals surface area contributed by atoms with Gasteiger partial charge in [0, 0.05) is 18.1 Å². The lowest BCUT2D eigenvalue weighted by Crippen LogP contribution is -2.30. The van der Waals surface area contributed by atoms with E-state index < -0.39 is 0 Å². The van der Waals surface area contributed by atoms with Crippen LogP contribution in [0, 0.1) is 6.92 Å². The maximum absolute atomic E-state index is 2.24. The van der Waals surface area contributed by atoms with Crippen molar-refractivity contribution in [3.63, 3.8) is 0 Å². The van der Waals surface area contributed by atoms with Crippen LogP contribution >= 0.6 is 0 Å². The smallest absolute Gasteiger partial charge is 0.201 e. The van der Waals surface area contributed by atoms with Crippen molar-refractivity contribution in [1.82, 2.24) is 0 Å². The predicted molar refractivity (Wildman–Crippen MR) is 83.3 cm³/mol. The average molecular weight is 256 g/mol. The summed E-state index contributed by atoms with van der Waals surface area (Å²) in [4.78, 5) is 0. The number of hydrogen-bond donors (Lipinski definition) is 0. The molecule has 0 bridgehead atoms. The normalized spacial score (nSPS) is 10.4. The first-order chi connectivity index (χ1) is 9.27.